The average Bonchev–Trinajstić information content (AvgIpc) is 3.10. The van der Waals surface area contributed by atoms with Crippen molar-refractivity contribution in [3.8, 4) is 11.5 Å². The van der Waals surface area contributed by atoms with E-state index < -0.39 is 67.6 Å². The molecule has 21 heteroatoms. The fourth-order valence-corrected chi connectivity index (χ4v) is 8.89. The highest BCUT2D eigenvalue weighted by molar-refractivity contribution is 7.93. The maximum atomic E-state index is 13.4. The van der Waals surface area contributed by atoms with Gasteiger partial charge in [0.05, 0.1) is 21.2 Å². The molecule has 0 aliphatic heterocycles. The molecular weight excluding hydrogens is 789 g/mol. The molecular formula is C33H26N4O13S4. The van der Waals surface area contributed by atoms with Gasteiger partial charge in [-0.15, -0.1) is 0 Å². The number of rotatable bonds is 10. The topological polar surface area (TPSA) is 283 Å². The van der Waals surface area contributed by atoms with Crippen molar-refractivity contribution in [3.05, 3.63) is 109 Å². The minimum Gasteiger partial charge on any atom is -0.506 e. The highest BCUT2D eigenvalue weighted by atomic mass is 32.2. The minimum atomic E-state index is -4.97. The van der Waals surface area contributed by atoms with E-state index in [1.807, 2.05) is 0 Å². The van der Waals surface area contributed by atoms with Crippen molar-refractivity contribution in [1.29, 1.82) is 0 Å². The van der Waals surface area contributed by atoms with E-state index in [1.165, 1.54) is 84.9 Å². The Morgan fingerprint density at radius 1 is 0.463 bits per heavy atom. The van der Waals surface area contributed by atoms with Gasteiger partial charge < -0.3 is 20.8 Å². The fraction of sp³-hybridized carbons (Fsp3) is 0. The van der Waals surface area contributed by atoms with Crippen LogP contribution in [0.3, 0.4) is 0 Å². The lowest BCUT2D eigenvalue weighted by Gasteiger charge is -2.15. The van der Waals surface area contributed by atoms with Crippen LogP contribution in [0.25, 0.3) is 21.5 Å². The molecule has 0 aliphatic carbocycles. The molecule has 54 heavy (non-hydrogen) atoms. The summed E-state index contributed by atoms with van der Waals surface area (Å²) < 4.78 is 125. The standard InChI is InChI=1S/C33H26N4O13S4/c38-31-25-13-3-1-11-23(25)27(17-29(31)53(45,46)47)36-51(41,42)21-9-5-7-19(15-21)34-33(40)35-20-8-6-10-22(16-20)52(43,44)37-28-18-30(54(48,49)50)32(39)26-14-4-2-12-24(26)28/h1-18,36-39H,(H2,34,35,40)(H,45,46,47)(H,48,49,50). The monoisotopic (exact) mass is 814 g/mol. The van der Waals surface area contributed by atoms with E-state index in [9.17, 15) is 57.8 Å². The Morgan fingerprint density at radius 3 is 1.17 bits per heavy atom. The second-order valence-corrected chi connectivity index (χ2v) is 17.6. The summed E-state index contributed by atoms with van der Waals surface area (Å²) in [4.78, 5) is 10.3. The Labute approximate surface area is 307 Å². The Kier molecular flexibility index (Phi) is 9.64. The van der Waals surface area contributed by atoms with Gasteiger partial charge in [0.2, 0.25) is 0 Å². The molecule has 0 aromatic heterocycles. The van der Waals surface area contributed by atoms with Gasteiger partial charge in [0, 0.05) is 32.9 Å². The largest absolute Gasteiger partial charge is 0.506 e. The first-order valence-electron chi connectivity index (χ1n) is 15.0. The fourth-order valence-electron chi connectivity index (χ4n) is 5.41. The summed E-state index contributed by atoms with van der Waals surface area (Å²) in [5.41, 5.74) is -0.643. The molecule has 0 saturated carbocycles. The summed E-state index contributed by atoms with van der Waals surface area (Å²) in [5, 5.41) is 25.8. The van der Waals surface area contributed by atoms with Crippen LogP contribution in [0.2, 0.25) is 0 Å². The van der Waals surface area contributed by atoms with Gasteiger partial charge in [0.15, 0.2) is 0 Å². The van der Waals surface area contributed by atoms with Gasteiger partial charge in [-0.3, -0.25) is 18.5 Å². The molecule has 6 rings (SSSR count). The lowest BCUT2D eigenvalue weighted by atomic mass is 10.1. The van der Waals surface area contributed by atoms with Crippen molar-refractivity contribution < 1.29 is 57.8 Å². The molecule has 2 amide bonds. The van der Waals surface area contributed by atoms with Gasteiger partial charge in [-0.2, -0.15) is 16.8 Å². The number of urea groups is 1. The van der Waals surface area contributed by atoms with E-state index in [4.69, 9.17) is 0 Å². The lowest BCUT2D eigenvalue weighted by molar-refractivity contribution is 0.262. The number of fused-ring (bicyclic) bond motifs is 2. The van der Waals surface area contributed by atoms with E-state index in [2.05, 4.69) is 20.1 Å². The number of sulfonamides is 2. The summed E-state index contributed by atoms with van der Waals surface area (Å²) in [7, 11) is -18.9. The van der Waals surface area contributed by atoms with E-state index >= 15 is 0 Å². The smallest absolute Gasteiger partial charge is 0.323 e. The number of carbonyl (C=O) groups is 1. The Hall–Kier alpha value is -5.97. The van der Waals surface area contributed by atoms with Crippen LogP contribution in [0.1, 0.15) is 0 Å². The van der Waals surface area contributed by atoms with Crippen molar-refractivity contribution in [2.75, 3.05) is 20.1 Å². The quantitative estimate of drug-likeness (QED) is 0.0657. The highest BCUT2D eigenvalue weighted by Crippen LogP contribution is 2.39. The van der Waals surface area contributed by atoms with Crippen molar-refractivity contribution in [1.82, 2.24) is 0 Å². The Balaban J connectivity index is 1.22. The normalized spacial score (nSPS) is 12.3. The SMILES string of the molecule is O=C(Nc1cccc(S(=O)(=O)Nc2cc(S(=O)(=O)O)c(O)c3ccccc23)c1)Nc1cccc(S(=O)(=O)Nc2cc(S(=O)(=O)O)c(O)c3ccccc23)c1. The summed E-state index contributed by atoms with van der Waals surface area (Å²) in [5.74, 6) is -1.57. The van der Waals surface area contributed by atoms with Crippen molar-refractivity contribution in [2.45, 2.75) is 19.6 Å². The van der Waals surface area contributed by atoms with E-state index in [1.54, 1.807) is 0 Å². The van der Waals surface area contributed by atoms with E-state index in [-0.39, 0.29) is 54.1 Å². The van der Waals surface area contributed by atoms with E-state index in [0.29, 0.717) is 0 Å². The second-order valence-electron chi connectivity index (χ2n) is 11.4. The maximum Gasteiger partial charge on any atom is 0.323 e. The Morgan fingerprint density at radius 2 is 0.815 bits per heavy atom. The second kappa shape index (κ2) is 13.8. The molecule has 0 radical (unpaired) electrons. The van der Waals surface area contributed by atoms with Crippen LogP contribution in [0.15, 0.2) is 129 Å². The molecule has 0 heterocycles. The molecule has 0 fully saturated rings. The third-order valence-corrected chi connectivity index (χ3v) is 12.3. The molecule has 280 valence electrons. The number of carbonyl (C=O) groups excluding carboxylic acids is 1. The average molecular weight is 815 g/mol. The molecule has 17 nitrogen and oxygen atoms in total. The molecule has 6 aromatic rings. The third kappa shape index (κ3) is 7.71. The predicted molar refractivity (Wildman–Crippen MR) is 198 cm³/mol. The number of hydrogen-bond acceptors (Lipinski definition) is 11. The van der Waals surface area contributed by atoms with Crippen LogP contribution in [0, 0.1) is 0 Å². The number of nitrogens with one attached hydrogen (secondary N) is 4. The molecule has 8 N–H and O–H groups in total. The number of phenolic OH excluding ortho intramolecular Hbond substituents is 2. The van der Waals surface area contributed by atoms with Crippen molar-refractivity contribution in [3.63, 3.8) is 0 Å². The first-order valence-corrected chi connectivity index (χ1v) is 20.9. The van der Waals surface area contributed by atoms with Gasteiger partial charge in [0.1, 0.15) is 21.3 Å². The first-order chi connectivity index (χ1) is 25.2. The van der Waals surface area contributed by atoms with Crippen LogP contribution in [-0.4, -0.2) is 59.0 Å². The third-order valence-electron chi connectivity index (χ3n) is 7.81. The summed E-state index contributed by atoms with van der Waals surface area (Å²) in [6.45, 7) is 0. The first kappa shape index (κ1) is 37.8. The maximum absolute atomic E-state index is 13.4. The molecule has 0 unspecified atom stereocenters. The molecule has 0 aliphatic rings. The summed E-state index contributed by atoms with van der Waals surface area (Å²) in [6.07, 6.45) is 0. The highest BCUT2D eigenvalue weighted by Gasteiger charge is 2.25. The summed E-state index contributed by atoms with van der Waals surface area (Å²) in [6, 6.07) is 21.8. The van der Waals surface area contributed by atoms with Crippen LogP contribution in [-0.2, 0) is 40.3 Å². The van der Waals surface area contributed by atoms with Crippen LogP contribution in [0.5, 0.6) is 11.5 Å². The Bertz CT molecular complexity index is 2770. The van der Waals surface area contributed by atoms with E-state index in [0.717, 1.165) is 24.3 Å². The number of anilines is 4. The number of phenols is 2. The lowest BCUT2D eigenvalue weighted by Crippen LogP contribution is -2.20. The molecule has 0 spiro atoms. The summed E-state index contributed by atoms with van der Waals surface area (Å²) >= 11 is 0. The van der Waals surface area contributed by atoms with Gasteiger partial charge in [-0.05, 0) is 48.5 Å². The molecule has 6 aromatic carbocycles. The zero-order valence-corrected chi connectivity index (χ0v) is 30.3. The van der Waals surface area contributed by atoms with Gasteiger partial charge in [-0.1, -0.05) is 60.7 Å². The van der Waals surface area contributed by atoms with Crippen LogP contribution < -0.4 is 20.1 Å². The zero-order chi connectivity index (χ0) is 39.2. The van der Waals surface area contributed by atoms with Crippen molar-refractivity contribution in [2.24, 2.45) is 0 Å². The van der Waals surface area contributed by atoms with Crippen LogP contribution in [0.4, 0.5) is 27.5 Å². The zero-order valence-electron chi connectivity index (χ0n) is 27.0. The molecule has 0 bridgehead atoms. The number of amides is 2. The minimum absolute atomic E-state index is 0.0381. The number of hydrogen-bond donors (Lipinski definition) is 8. The van der Waals surface area contributed by atoms with Crippen LogP contribution >= 0.6 is 0 Å². The van der Waals surface area contributed by atoms with Gasteiger partial charge in [-0.25, -0.2) is 21.6 Å². The van der Waals surface area contributed by atoms with Gasteiger partial charge >= 0.3 is 6.03 Å². The predicted octanol–water partition coefficient (Wildman–Crippen LogP) is 5.14. The van der Waals surface area contributed by atoms with Gasteiger partial charge in [0.25, 0.3) is 40.3 Å². The van der Waals surface area contributed by atoms with Crippen molar-refractivity contribution >= 4 is 90.6 Å². The number of benzene rings is 6. The number of aromatic hydroxyl groups is 2. The molecule has 0 atom stereocenters. The molecule has 0 saturated heterocycles.